The molecule has 126 valence electrons. The highest BCUT2D eigenvalue weighted by molar-refractivity contribution is 5.97. The summed E-state index contributed by atoms with van der Waals surface area (Å²) < 4.78 is 0. The zero-order chi connectivity index (χ0) is 17.4. The second-order valence-electron chi connectivity index (χ2n) is 6.26. The molecular formula is C19H18N4O2. The minimum absolute atomic E-state index is 0.0291. The Balaban J connectivity index is 1.60. The standard InChI is InChI=1S/C19H18N4O2/c1-23-16(24)11-13(17(23)12-7-3-2-4-8-12)18(25)22-19-20-14-9-5-6-10-15(14)21-19/h2-10,13,17H,11H2,1H3,(H2,20,21,22,25)/t13-,17-/m0/s1. The van der Waals surface area contributed by atoms with Gasteiger partial charge in [0.05, 0.1) is 23.0 Å². The lowest BCUT2D eigenvalue weighted by atomic mass is 9.93. The summed E-state index contributed by atoms with van der Waals surface area (Å²) in [5.74, 6) is -0.280. The van der Waals surface area contributed by atoms with E-state index >= 15 is 0 Å². The maximum Gasteiger partial charge on any atom is 0.232 e. The van der Waals surface area contributed by atoms with Gasteiger partial charge in [0.15, 0.2) is 0 Å². The molecule has 6 nitrogen and oxygen atoms in total. The van der Waals surface area contributed by atoms with E-state index in [2.05, 4.69) is 15.3 Å². The van der Waals surface area contributed by atoms with Crippen LogP contribution in [0.25, 0.3) is 11.0 Å². The molecule has 0 radical (unpaired) electrons. The van der Waals surface area contributed by atoms with Crippen LogP contribution >= 0.6 is 0 Å². The van der Waals surface area contributed by atoms with Crippen LogP contribution in [0.2, 0.25) is 0 Å². The summed E-state index contributed by atoms with van der Waals surface area (Å²) in [5, 5.41) is 2.83. The van der Waals surface area contributed by atoms with Crippen molar-refractivity contribution in [2.75, 3.05) is 12.4 Å². The summed E-state index contributed by atoms with van der Waals surface area (Å²) in [6, 6.07) is 17.0. The second kappa shape index (κ2) is 6.05. The van der Waals surface area contributed by atoms with E-state index in [1.807, 2.05) is 54.6 Å². The van der Waals surface area contributed by atoms with Crippen LogP contribution < -0.4 is 5.32 Å². The third-order valence-corrected chi connectivity index (χ3v) is 4.70. The number of para-hydroxylation sites is 2. The lowest BCUT2D eigenvalue weighted by Crippen LogP contribution is -2.30. The SMILES string of the molecule is CN1C(=O)C[C@H](C(=O)Nc2nc3ccccc3[nH]2)[C@@H]1c1ccccc1. The van der Waals surface area contributed by atoms with Gasteiger partial charge in [-0.1, -0.05) is 42.5 Å². The Morgan fingerprint density at radius 2 is 1.88 bits per heavy atom. The van der Waals surface area contributed by atoms with Gasteiger partial charge in [-0.15, -0.1) is 0 Å². The van der Waals surface area contributed by atoms with Crippen LogP contribution in [0.3, 0.4) is 0 Å². The first-order valence-corrected chi connectivity index (χ1v) is 8.20. The van der Waals surface area contributed by atoms with Crippen molar-refractivity contribution in [3.05, 3.63) is 60.2 Å². The smallest absolute Gasteiger partial charge is 0.232 e. The number of fused-ring (bicyclic) bond motifs is 1. The summed E-state index contributed by atoms with van der Waals surface area (Å²) in [6.07, 6.45) is 0.197. The number of nitrogens with one attached hydrogen (secondary N) is 2. The van der Waals surface area contributed by atoms with Gasteiger partial charge in [-0.3, -0.25) is 14.9 Å². The van der Waals surface area contributed by atoms with Crippen molar-refractivity contribution < 1.29 is 9.59 Å². The predicted molar refractivity (Wildman–Crippen MR) is 94.8 cm³/mol. The molecule has 25 heavy (non-hydrogen) atoms. The number of H-pyrrole nitrogens is 1. The number of amides is 2. The Bertz CT molecular complexity index is 902. The number of likely N-dealkylation sites (tertiary alicyclic amines) is 1. The first-order chi connectivity index (χ1) is 12.1. The number of nitrogens with zero attached hydrogens (tertiary/aromatic N) is 2. The quantitative estimate of drug-likeness (QED) is 0.773. The topological polar surface area (TPSA) is 78.1 Å². The molecule has 4 rings (SSSR count). The fourth-order valence-electron chi connectivity index (χ4n) is 3.43. The molecule has 2 heterocycles. The van der Waals surface area contributed by atoms with Crippen LogP contribution in [0.4, 0.5) is 5.95 Å². The van der Waals surface area contributed by atoms with Crippen LogP contribution in [0.1, 0.15) is 18.0 Å². The molecule has 0 bridgehead atoms. The van der Waals surface area contributed by atoms with Crippen molar-refractivity contribution in [2.45, 2.75) is 12.5 Å². The monoisotopic (exact) mass is 334 g/mol. The summed E-state index contributed by atoms with van der Waals surface area (Å²) >= 11 is 0. The highest BCUT2D eigenvalue weighted by Gasteiger charge is 2.42. The van der Waals surface area contributed by atoms with Gasteiger partial charge in [-0.05, 0) is 17.7 Å². The first kappa shape index (κ1) is 15.4. The van der Waals surface area contributed by atoms with Crippen LogP contribution in [0.5, 0.6) is 0 Å². The number of aromatic amines is 1. The highest BCUT2D eigenvalue weighted by Crippen LogP contribution is 2.37. The minimum atomic E-state index is -0.451. The number of anilines is 1. The molecule has 2 N–H and O–H groups in total. The number of hydrogen-bond donors (Lipinski definition) is 2. The second-order valence-corrected chi connectivity index (χ2v) is 6.26. The van der Waals surface area contributed by atoms with Gasteiger partial charge in [-0.2, -0.15) is 0 Å². The number of rotatable bonds is 3. The van der Waals surface area contributed by atoms with Gasteiger partial charge in [0, 0.05) is 13.5 Å². The number of aromatic nitrogens is 2. The average molecular weight is 334 g/mol. The first-order valence-electron chi connectivity index (χ1n) is 8.20. The maximum absolute atomic E-state index is 12.8. The zero-order valence-electron chi connectivity index (χ0n) is 13.8. The molecule has 0 spiro atoms. The lowest BCUT2D eigenvalue weighted by Gasteiger charge is -2.24. The summed E-state index contributed by atoms with van der Waals surface area (Å²) in [6.45, 7) is 0. The maximum atomic E-state index is 12.8. The van der Waals surface area contributed by atoms with Crippen molar-refractivity contribution in [3.8, 4) is 0 Å². The van der Waals surface area contributed by atoms with E-state index in [-0.39, 0.29) is 24.3 Å². The van der Waals surface area contributed by atoms with Gasteiger partial charge < -0.3 is 9.88 Å². The van der Waals surface area contributed by atoms with Crippen molar-refractivity contribution in [3.63, 3.8) is 0 Å². The molecule has 0 aliphatic carbocycles. The molecule has 2 amide bonds. The van der Waals surface area contributed by atoms with E-state index in [1.165, 1.54) is 0 Å². The lowest BCUT2D eigenvalue weighted by molar-refractivity contribution is -0.128. The molecule has 1 aliphatic rings. The van der Waals surface area contributed by atoms with Crippen LogP contribution in [-0.4, -0.2) is 33.7 Å². The number of carbonyl (C=O) groups is 2. The van der Waals surface area contributed by atoms with E-state index in [0.717, 1.165) is 16.6 Å². The van der Waals surface area contributed by atoms with Gasteiger partial charge in [0.25, 0.3) is 0 Å². The Morgan fingerprint density at radius 3 is 2.64 bits per heavy atom. The Labute approximate surface area is 144 Å². The Hall–Kier alpha value is -3.15. The van der Waals surface area contributed by atoms with Crippen molar-refractivity contribution in [1.82, 2.24) is 14.9 Å². The fourth-order valence-corrected chi connectivity index (χ4v) is 3.43. The van der Waals surface area contributed by atoms with E-state index in [9.17, 15) is 9.59 Å². The van der Waals surface area contributed by atoms with Crippen molar-refractivity contribution in [1.29, 1.82) is 0 Å². The molecule has 6 heteroatoms. The fraction of sp³-hybridized carbons (Fsp3) is 0.211. The molecule has 3 aromatic rings. The minimum Gasteiger partial charge on any atom is -0.338 e. The molecule has 1 aliphatic heterocycles. The number of hydrogen-bond acceptors (Lipinski definition) is 3. The van der Waals surface area contributed by atoms with Gasteiger partial charge >= 0.3 is 0 Å². The number of carbonyl (C=O) groups excluding carboxylic acids is 2. The third-order valence-electron chi connectivity index (χ3n) is 4.70. The van der Waals surface area contributed by atoms with Gasteiger partial charge in [-0.25, -0.2) is 4.98 Å². The largest absolute Gasteiger partial charge is 0.338 e. The van der Waals surface area contributed by atoms with Gasteiger partial charge in [0.2, 0.25) is 17.8 Å². The molecule has 1 saturated heterocycles. The van der Waals surface area contributed by atoms with Crippen molar-refractivity contribution >= 4 is 28.8 Å². The molecule has 1 aromatic heterocycles. The average Bonchev–Trinajstić information content (AvgIpc) is 3.16. The molecule has 2 atom stereocenters. The molecule has 2 aromatic carbocycles. The van der Waals surface area contributed by atoms with E-state index in [4.69, 9.17) is 0 Å². The van der Waals surface area contributed by atoms with Crippen LogP contribution in [0.15, 0.2) is 54.6 Å². The third kappa shape index (κ3) is 2.76. The summed E-state index contributed by atoms with van der Waals surface area (Å²) in [7, 11) is 1.74. The van der Waals surface area contributed by atoms with Gasteiger partial charge in [0.1, 0.15) is 0 Å². The molecule has 1 fully saturated rings. The van der Waals surface area contributed by atoms with E-state index in [0.29, 0.717) is 5.95 Å². The molecule has 0 saturated carbocycles. The predicted octanol–water partition coefficient (Wildman–Crippen LogP) is 2.72. The Kier molecular flexibility index (Phi) is 3.72. The van der Waals surface area contributed by atoms with E-state index < -0.39 is 5.92 Å². The highest BCUT2D eigenvalue weighted by atomic mass is 16.2. The summed E-state index contributed by atoms with van der Waals surface area (Å²) in [4.78, 5) is 34.1. The van der Waals surface area contributed by atoms with Crippen molar-refractivity contribution in [2.24, 2.45) is 5.92 Å². The molecular weight excluding hydrogens is 316 g/mol. The Morgan fingerprint density at radius 1 is 1.16 bits per heavy atom. The normalized spacial score (nSPS) is 20.2. The summed E-state index contributed by atoms with van der Waals surface area (Å²) in [5.41, 5.74) is 2.61. The van der Waals surface area contributed by atoms with Crippen LogP contribution in [-0.2, 0) is 9.59 Å². The zero-order valence-corrected chi connectivity index (χ0v) is 13.8. The van der Waals surface area contributed by atoms with Crippen LogP contribution in [0, 0.1) is 5.92 Å². The number of benzene rings is 2. The van der Waals surface area contributed by atoms with E-state index in [1.54, 1.807) is 11.9 Å². The number of imidazole rings is 1. The molecule has 0 unspecified atom stereocenters.